The molecule has 0 aliphatic rings. The zero-order chi connectivity index (χ0) is 16.8. The lowest BCUT2D eigenvalue weighted by Gasteiger charge is -2.17. The Balaban J connectivity index is 4.14. The molecule has 0 aromatic carbocycles. The van der Waals surface area contributed by atoms with Crippen LogP contribution >= 0.6 is 0 Å². The standard InChI is InChI=1S/C14H27N3O5/c1-4-5-9-15-12(18)11(17-14(20)22-3)8-6-7-10-16-13(19)21-2/h11H,4-10H2,1-3H3,(H,15,18)(H,16,19)(H,17,20)/t11-/m0/s1. The van der Waals surface area contributed by atoms with Crippen molar-refractivity contribution in [2.45, 2.75) is 45.1 Å². The molecule has 0 aliphatic heterocycles. The van der Waals surface area contributed by atoms with Crippen LogP contribution in [0.1, 0.15) is 39.0 Å². The van der Waals surface area contributed by atoms with Crippen LogP contribution in [-0.2, 0) is 14.3 Å². The van der Waals surface area contributed by atoms with E-state index in [0.717, 1.165) is 12.8 Å². The first-order chi connectivity index (χ1) is 10.5. The second-order valence-corrected chi connectivity index (χ2v) is 4.75. The number of carbonyl (C=O) groups is 3. The molecule has 22 heavy (non-hydrogen) atoms. The number of methoxy groups -OCH3 is 2. The Kier molecular flexibility index (Phi) is 11.6. The Hall–Kier alpha value is -1.99. The number of nitrogens with one attached hydrogen (secondary N) is 3. The Morgan fingerprint density at radius 1 is 0.909 bits per heavy atom. The highest BCUT2D eigenvalue weighted by Crippen LogP contribution is 2.02. The van der Waals surface area contributed by atoms with Crippen molar-refractivity contribution in [2.24, 2.45) is 0 Å². The molecular formula is C14H27N3O5. The van der Waals surface area contributed by atoms with E-state index in [1.807, 2.05) is 6.92 Å². The summed E-state index contributed by atoms with van der Waals surface area (Å²) in [5.74, 6) is -0.222. The number of hydrogen-bond donors (Lipinski definition) is 3. The van der Waals surface area contributed by atoms with Crippen molar-refractivity contribution < 1.29 is 23.9 Å². The maximum atomic E-state index is 12.0. The topological polar surface area (TPSA) is 106 Å². The van der Waals surface area contributed by atoms with Crippen molar-refractivity contribution in [1.29, 1.82) is 0 Å². The smallest absolute Gasteiger partial charge is 0.407 e. The summed E-state index contributed by atoms with van der Waals surface area (Å²) in [6, 6.07) is -0.637. The Labute approximate surface area is 131 Å². The molecule has 8 heteroatoms. The third-order valence-electron chi connectivity index (χ3n) is 3.00. The van der Waals surface area contributed by atoms with Gasteiger partial charge in [-0.1, -0.05) is 13.3 Å². The van der Waals surface area contributed by atoms with Crippen LogP contribution in [0.4, 0.5) is 9.59 Å². The maximum Gasteiger partial charge on any atom is 0.407 e. The predicted octanol–water partition coefficient (Wildman–Crippen LogP) is 1.15. The van der Waals surface area contributed by atoms with E-state index in [0.29, 0.717) is 32.4 Å². The Bertz CT molecular complexity index is 349. The molecule has 0 aromatic heterocycles. The highest BCUT2D eigenvalue weighted by molar-refractivity contribution is 5.85. The lowest BCUT2D eigenvalue weighted by molar-refractivity contribution is -0.123. The van der Waals surface area contributed by atoms with Crippen molar-refractivity contribution in [3.63, 3.8) is 0 Å². The van der Waals surface area contributed by atoms with E-state index in [4.69, 9.17) is 0 Å². The number of unbranched alkanes of at least 4 members (excludes halogenated alkanes) is 2. The van der Waals surface area contributed by atoms with Gasteiger partial charge in [-0.3, -0.25) is 4.79 Å². The van der Waals surface area contributed by atoms with E-state index in [-0.39, 0.29) is 5.91 Å². The number of alkyl carbamates (subject to hydrolysis) is 2. The molecular weight excluding hydrogens is 290 g/mol. The first-order valence-electron chi connectivity index (χ1n) is 7.49. The van der Waals surface area contributed by atoms with Crippen LogP contribution in [0.2, 0.25) is 0 Å². The number of amides is 3. The average molecular weight is 317 g/mol. The molecule has 0 bridgehead atoms. The van der Waals surface area contributed by atoms with Crippen molar-refractivity contribution in [3.05, 3.63) is 0 Å². The van der Waals surface area contributed by atoms with E-state index in [1.165, 1.54) is 14.2 Å². The summed E-state index contributed by atoms with van der Waals surface area (Å²) in [4.78, 5) is 34.2. The molecule has 0 heterocycles. The zero-order valence-electron chi connectivity index (χ0n) is 13.6. The normalized spacial score (nSPS) is 11.2. The Morgan fingerprint density at radius 3 is 2.14 bits per heavy atom. The third-order valence-corrected chi connectivity index (χ3v) is 3.00. The summed E-state index contributed by atoms with van der Waals surface area (Å²) in [5.41, 5.74) is 0. The molecule has 0 saturated carbocycles. The van der Waals surface area contributed by atoms with E-state index >= 15 is 0 Å². The molecule has 0 radical (unpaired) electrons. The minimum atomic E-state index is -0.637. The molecule has 0 aliphatic carbocycles. The van der Waals surface area contributed by atoms with Crippen LogP contribution in [-0.4, -0.2) is 51.4 Å². The van der Waals surface area contributed by atoms with Gasteiger partial charge < -0.3 is 25.4 Å². The van der Waals surface area contributed by atoms with Crippen LogP contribution < -0.4 is 16.0 Å². The highest BCUT2D eigenvalue weighted by atomic mass is 16.5. The molecule has 0 saturated heterocycles. The summed E-state index contributed by atoms with van der Waals surface area (Å²) in [7, 11) is 2.55. The van der Waals surface area contributed by atoms with Gasteiger partial charge in [-0.15, -0.1) is 0 Å². The highest BCUT2D eigenvalue weighted by Gasteiger charge is 2.20. The van der Waals surface area contributed by atoms with Gasteiger partial charge in [-0.2, -0.15) is 0 Å². The second-order valence-electron chi connectivity index (χ2n) is 4.75. The fraction of sp³-hybridized carbons (Fsp3) is 0.786. The van der Waals surface area contributed by atoms with Gasteiger partial charge in [-0.25, -0.2) is 9.59 Å². The van der Waals surface area contributed by atoms with Gasteiger partial charge in [0.25, 0.3) is 0 Å². The van der Waals surface area contributed by atoms with Gasteiger partial charge >= 0.3 is 12.2 Å². The number of carbonyl (C=O) groups excluding carboxylic acids is 3. The summed E-state index contributed by atoms with van der Waals surface area (Å²) in [6.45, 7) is 3.07. The third kappa shape index (κ3) is 9.84. The molecule has 128 valence electrons. The molecule has 1 atom stereocenters. The van der Waals surface area contributed by atoms with Crippen LogP contribution in [0.15, 0.2) is 0 Å². The second kappa shape index (κ2) is 12.7. The molecule has 0 aromatic rings. The zero-order valence-corrected chi connectivity index (χ0v) is 13.6. The fourth-order valence-corrected chi connectivity index (χ4v) is 1.72. The molecule has 0 unspecified atom stereocenters. The predicted molar refractivity (Wildman–Crippen MR) is 81.5 cm³/mol. The van der Waals surface area contributed by atoms with Gasteiger partial charge in [0.15, 0.2) is 0 Å². The van der Waals surface area contributed by atoms with Gasteiger partial charge in [0.1, 0.15) is 6.04 Å². The number of hydrogen-bond acceptors (Lipinski definition) is 5. The van der Waals surface area contributed by atoms with Crippen molar-refractivity contribution >= 4 is 18.1 Å². The summed E-state index contributed by atoms with van der Waals surface area (Å²) < 4.78 is 8.98. The first-order valence-corrected chi connectivity index (χ1v) is 7.49. The van der Waals surface area contributed by atoms with Gasteiger partial charge in [-0.05, 0) is 25.7 Å². The minimum absolute atomic E-state index is 0.222. The van der Waals surface area contributed by atoms with Gasteiger partial charge in [0.2, 0.25) is 5.91 Å². The lowest BCUT2D eigenvalue weighted by atomic mass is 10.1. The Morgan fingerprint density at radius 2 is 1.55 bits per heavy atom. The summed E-state index contributed by atoms with van der Waals surface area (Å²) >= 11 is 0. The number of ether oxygens (including phenoxy) is 2. The fourth-order valence-electron chi connectivity index (χ4n) is 1.72. The molecule has 3 amide bonds. The largest absolute Gasteiger partial charge is 0.453 e. The maximum absolute atomic E-state index is 12.0. The van der Waals surface area contributed by atoms with E-state index in [1.54, 1.807) is 0 Å². The van der Waals surface area contributed by atoms with E-state index in [2.05, 4.69) is 25.4 Å². The van der Waals surface area contributed by atoms with Crippen molar-refractivity contribution in [3.8, 4) is 0 Å². The lowest BCUT2D eigenvalue weighted by Crippen LogP contribution is -2.47. The van der Waals surface area contributed by atoms with Crippen molar-refractivity contribution in [1.82, 2.24) is 16.0 Å². The van der Waals surface area contributed by atoms with Crippen LogP contribution in [0.5, 0.6) is 0 Å². The van der Waals surface area contributed by atoms with Gasteiger partial charge in [0.05, 0.1) is 14.2 Å². The van der Waals surface area contributed by atoms with Gasteiger partial charge in [0, 0.05) is 13.1 Å². The minimum Gasteiger partial charge on any atom is -0.453 e. The van der Waals surface area contributed by atoms with Crippen LogP contribution in [0.25, 0.3) is 0 Å². The average Bonchev–Trinajstić information content (AvgIpc) is 2.52. The number of rotatable bonds is 10. The monoisotopic (exact) mass is 317 g/mol. The summed E-state index contributed by atoms with van der Waals surface area (Å²) in [6.07, 6.45) is 2.56. The molecule has 0 fully saturated rings. The van der Waals surface area contributed by atoms with Crippen molar-refractivity contribution in [2.75, 3.05) is 27.3 Å². The quantitative estimate of drug-likeness (QED) is 0.524. The molecule has 0 rings (SSSR count). The van der Waals surface area contributed by atoms with E-state index in [9.17, 15) is 14.4 Å². The van der Waals surface area contributed by atoms with Crippen LogP contribution in [0, 0.1) is 0 Å². The molecule has 0 spiro atoms. The SMILES string of the molecule is CCCCNC(=O)[C@H](CCCCNC(=O)OC)NC(=O)OC. The van der Waals surface area contributed by atoms with E-state index < -0.39 is 18.2 Å². The molecule has 3 N–H and O–H groups in total. The summed E-state index contributed by atoms with van der Waals surface area (Å²) in [5, 5.41) is 7.86. The van der Waals surface area contributed by atoms with Crippen LogP contribution in [0.3, 0.4) is 0 Å². The molecule has 8 nitrogen and oxygen atoms in total. The first kappa shape index (κ1) is 20.0.